The first-order chi connectivity index (χ1) is 16.6. The normalized spacial score (nSPS) is 30.3. The van der Waals surface area contributed by atoms with Crippen LogP contribution in [0.3, 0.4) is 0 Å². The van der Waals surface area contributed by atoms with Crippen molar-refractivity contribution in [3.63, 3.8) is 0 Å². The van der Waals surface area contributed by atoms with E-state index in [0.29, 0.717) is 37.6 Å². The molecule has 1 aromatic heterocycles. The Labute approximate surface area is 211 Å². The molecule has 0 aromatic carbocycles. The van der Waals surface area contributed by atoms with Crippen molar-refractivity contribution in [2.75, 3.05) is 50.8 Å². The number of ether oxygens (including phenoxy) is 1. The summed E-state index contributed by atoms with van der Waals surface area (Å²) in [5.41, 5.74) is 2.39. The first-order valence-electron chi connectivity index (χ1n) is 13.4. The standard InChI is InChI=1S/C27H45N5O3/c1-7-8-24(33)21-9-23-26(29-10-21)27(5,6)17-32(23)25(34)14-30-12-18(2)28-11-22(30)13-31-19(3)15-35-16-20(31)4/h9-10,18-20,22,24,28,33H,7-8,11-17H2,1-6H3/t18?,19-,20?,22-,24?/m1/s1. The number of aliphatic hydroxyl groups is 1. The summed E-state index contributed by atoms with van der Waals surface area (Å²) in [6, 6.07) is 3.36. The van der Waals surface area contributed by atoms with Crippen LogP contribution in [0.15, 0.2) is 12.3 Å². The molecular weight excluding hydrogens is 442 g/mol. The minimum atomic E-state index is -0.547. The molecule has 2 fully saturated rings. The van der Waals surface area contributed by atoms with E-state index in [1.807, 2.05) is 11.0 Å². The molecule has 1 amide bonds. The summed E-state index contributed by atoms with van der Waals surface area (Å²) in [6.07, 6.45) is 2.83. The Hall–Kier alpha value is -1.58. The molecular formula is C27H45N5O3. The van der Waals surface area contributed by atoms with Gasteiger partial charge in [-0.1, -0.05) is 27.2 Å². The first-order valence-corrected chi connectivity index (χ1v) is 13.4. The maximum Gasteiger partial charge on any atom is 0.241 e. The van der Waals surface area contributed by atoms with Crippen LogP contribution in [-0.4, -0.2) is 95.9 Å². The highest BCUT2D eigenvalue weighted by Crippen LogP contribution is 2.40. The van der Waals surface area contributed by atoms with Crippen molar-refractivity contribution < 1.29 is 14.6 Å². The zero-order chi connectivity index (χ0) is 25.3. The number of hydrogen-bond donors (Lipinski definition) is 2. The quantitative estimate of drug-likeness (QED) is 0.611. The van der Waals surface area contributed by atoms with Gasteiger partial charge in [0.15, 0.2) is 0 Å². The fraction of sp³-hybridized carbons (Fsp3) is 0.778. The third-order valence-corrected chi connectivity index (χ3v) is 7.96. The monoisotopic (exact) mass is 487 g/mol. The molecule has 0 radical (unpaired) electrons. The molecule has 35 heavy (non-hydrogen) atoms. The predicted molar refractivity (Wildman–Crippen MR) is 139 cm³/mol. The van der Waals surface area contributed by atoms with Gasteiger partial charge in [-0.05, 0) is 33.3 Å². The number of amides is 1. The largest absolute Gasteiger partial charge is 0.388 e. The van der Waals surface area contributed by atoms with Gasteiger partial charge in [0.05, 0.1) is 37.2 Å². The van der Waals surface area contributed by atoms with Crippen molar-refractivity contribution >= 4 is 11.6 Å². The predicted octanol–water partition coefficient (Wildman–Crippen LogP) is 2.31. The van der Waals surface area contributed by atoms with E-state index < -0.39 is 6.10 Å². The zero-order valence-electron chi connectivity index (χ0n) is 22.5. The van der Waals surface area contributed by atoms with Crippen LogP contribution in [0.2, 0.25) is 0 Å². The van der Waals surface area contributed by atoms with Gasteiger partial charge in [0.1, 0.15) is 0 Å². The Morgan fingerprint density at radius 2 is 2.00 bits per heavy atom. The Morgan fingerprint density at radius 1 is 1.29 bits per heavy atom. The van der Waals surface area contributed by atoms with Gasteiger partial charge in [0.25, 0.3) is 0 Å². The van der Waals surface area contributed by atoms with Gasteiger partial charge in [0, 0.05) is 67.5 Å². The Balaban J connectivity index is 1.52. The SMILES string of the molecule is CCCC(O)c1cnc2c(c1)N(C(=O)CN1CC(C)NC[C@@H]1CN1C(C)COC[C@H]1C)CC2(C)C. The van der Waals surface area contributed by atoms with Crippen molar-refractivity contribution in [2.45, 2.75) is 90.1 Å². The van der Waals surface area contributed by atoms with E-state index in [0.717, 1.165) is 56.2 Å². The molecule has 8 heteroatoms. The van der Waals surface area contributed by atoms with Crippen molar-refractivity contribution in [3.8, 4) is 0 Å². The molecule has 3 aliphatic rings. The first kappa shape index (κ1) is 26.5. The highest BCUT2D eigenvalue weighted by molar-refractivity contribution is 5.97. The van der Waals surface area contributed by atoms with E-state index in [2.05, 4.69) is 56.7 Å². The van der Waals surface area contributed by atoms with Crippen molar-refractivity contribution in [1.82, 2.24) is 20.1 Å². The Kier molecular flexibility index (Phi) is 8.18. The minimum Gasteiger partial charge on any atom is -0.388 e. The molecule has 0 aliphatic carbocycles. The van der Waals surface area contributed by atoms with Gasteiger partial charge in [-0.15, -0.1) is 0 Å². The van der Waals surface area contributed by atoms with Gasteiger partial charge < -0.3 is 20.1 Å². The number of nitrogens with one attached hydrogen (secondary N) is 1. The number of nitrogens with zero attached hydrogens (tertiary/aromatic N) is 4. The molecule has 3 unspecified atom stereocenters. The third kappa shape index (κ3) is 5.72. The number of aliphatic hydroxyl groups excluding tert-OH is 1. The summed E-state index contributed by atoms with van der Waals surface area (Å²) in [5.74, 6) is 0.114. The fourth-order valence-electron chi connectivity index (χ4n) is 5.90. The van der Waals surface area contributed by atoms with Crippen LogP contribution in [0.5, 0.6) is 0 Å². The van der Waals surface area contributed by atoms with E-state index in [9.17, 15) is 9.90 Å². The van der Waals surface area contributed by atoms with Crippen LogP contribution in [-0.2, 0) is 14.9 Å². The molecule has 196 valence electrons. The summed E-state index contributed by atoms with van der Waals surface area (Å²) in [7, 11) is 0. The fourth-order valence-corrected chi connectivity index (χ4v) is 5.90. The van der Waals surface area contributed by atoms with Gasteiger partial charge in [-0.3, -0.25) is 19.6 Å². The lowest BCUT2D eigenvalue weighted by Crippen LogP contribution is -2.63. The summed E-state index contributed by atoms with van der Waals surface area (Å²) in [6.45, 7) is 18.2. The van der Waals surface area contributed by atoms with E-state index in [1.54, 1.807) is 6.20 Å². The lowest BCUT2D eigenvalue weighted by Gasteiger charge is -2.46. The summed E-state index contributed by atoms with van der Waals surface area (Å²) >= 11 is 0. The number of aromatic nitrogens is 1. The van der Waals surface area contributed by atoms with Crippen LogP contribution in [0.25, 0.3) is 0 Å². The number of morpholine rings is 1. The van der Waals surface area contributed by atoms with E-state index >= 15 is 0 Å². The second kappa shape index (κ2) is 10.8. The van der Waals surface area contributed by atoms with Gasteiger partial charge in [0.2, 0.25) is 5.91 Å². The number of fused-ring (bicyclic) bond motifs is 1. The van der Waals surface area contributed by atoms with Crippen molar-refractivity contribution in [3.05, 3.63) is 23.5 Å². The van der Waals surface area contributed by atoms with Crippen LogP contribution < -0.4 is 10.2 Å². The average Bonchev–Trinajstić information content (AvgIpc) is 3.08. The number of carbonyl (C=O) groups is 1. The number of hydrogen-bond acceptors (Lipinski definition) is 7. The maximum atomic E-state index is 13.8. The van der Waals surface area contributed by atoms with Crippen molar-refractivity contribution in [2.24, 2.45) is 0 Å². The van der Waals surface area contributed by atoms with E-state index in [-0.39, 0.29) is 17.4 Å². The van der Waals surface area contributed by atoms with E-state index in [4.69, 9.17) is 9.72 Å². The number of piperazine rings is 1. The molecule has 2 saturated heterocycles. The topological polar surface area (TPSA) is 81.2 Å². The molecule has 3 aliphatic heterocycles. The number of anilines is 1. The van der Waals surface area contributed by atoms with Crippen LogP contribution in [0.4, 0.5) is 5.69 Å². The van der Waals surface area contributed by atoms with Crippen LogP contribution in [0.1, 0.15) is 71.7 Å². The van der Waals surface area contributed by atoms with Gasteiger partial charge in [-0.25, -0.2) is 0 Å². The second-order valence-electron chi connectivity index (χ2n) is 11.6. The molecule has 8 nitrogen and oxygen atoms in total. The molecule has 0 saturated carbocycles. The molecule has 5 atom stereocenters. The minimum absolute atomic E-state index is 0.114. The summed E-state index contributed by atoms with van der Waals surface area (Å²) in [4.78, 5) is 25.3. The van der Waals surface area contributed by atoms with Gasteiger partial charge >= 0.3 is 0 Å². The number of carbonyl (C=O) groups excluding carboxylic acids is 1. The third-order valence-electron chi connectivity index (χ3n) is 7.96. The summed E-state index contributed by atoms with van der Waals surface area (Å²) in [5, 5.41) is 14.2. The van der Waals surface area contributed by atoms with Crippen LogP contribution in [0, 0.1) is 0 Å². The molecule has 0 bridgehead atoms. The van der Waals surface area contributed by atoms with E-state index in [1.165, 1.54) is 0 Å². The molecule has 1 aromatic rings. The second-order valence-corrected chi connectivity index (χ2v) is 11.6. The van der Waals surface area contributed by atoms with Gasteiger partial charge in [-0.2, -0.15) is 0 Å². The number of pyridine rings is 1. The molecule has 4 rings (SSSR count). The average molecular weight is 488 g/mol. The highest BCUT2D eigenvalue weighted by Gasteiger charge is 2.41. The van der Waals surface area contributed by atoms with Crippen molar-refractivity contribution in [1.29, 1.82) is 0 Å². The highest BCUT2D eigenvalue weighted by atomic mass is 16.5. The van der Waals surface area contributed by atoms with Crippen LogP contribution >= 0.6 is 0 Å². The molecule has 4 heterocycles. The lowest BCUT2D eigenvalue weighted by atomic mass is 9.91. The lowest BCUT2D eigenvalue weighted by molar-refractivity contribution is -0.121. The summed E-state index contributed by atoms with van der Waals surface area (Å²) < 4.78 is 5.73. The Morgan fingerprint density at radius 3 is 2.69 bits per heavy atom. The Bertz CT molecular complexity index is 884. The zero-order valence-corrected chi connectivity index (χ0v) is 22.5. The molecule has 0 spiro atoms. The molecule has 2 N–H and O–H groups in total. The number of rotatable bonds is 7. The smallest absolute Gasteiger partial charge is 0.241 e. The maximum absolute atomic E-state index is 13.8.